The Labute approximate surface area is 175 Å². The number of amides is 2. The number of hydrogen-bond donors (Lipinski definition) is 1. The molecule has 2 aromatic heterocycles. The monoisotopic (exact) mass is 417 g/mol. The summed E-state index contributed by atoms with van der Waals surface area (Å²) in [6.07, 6.45) is 1.62. The van der Waals surface area contributed by atoms with E-state index in [1.54, 1.807) is 13.1 Å². The number of para-hydroxylation sites is 2. The molecule has 29 heavy (non-hydrogen) atoms. The van der Waals surface area contributed by atoms with Crippen LogP contribution in [0.2, 0.25) is 0 Å². The molecule has 0 aliphatic carbocycles. The Morgan fingerprint density at radius 1 is 0.931 bits per heavy atom. The molecule has 1 aliphatic heterocycles. The summed E-state index contributed by atoms with van der Waals surface area (Å²) >= 11 is 6.52. The first kappa shape index (κ1) is 17.8. The lowest BCUT2D eigenvalue weighted by Crippen LogP contribution is -2.52. The van der Waals surface area contributed by atoms with E-state index in [-0.39, 0.29) is 10.7 Å². The quantitative estimate of drug-likeness (QED) is 0.304. The average Bonchev–Trinajstić information content (AvgIpc) is 3.31. The second-order valence-electron chi connectivity index (χ2n) is 6.73. The number of thiophene rings is 1. The van der Waals surface area contributed by atoms with Crippen molar-refractivity contribution in [1.29, 1.82) is 0 Å². The summed E-state index contributed by atoms with van der Waals surface area (Å²) in [5.74, 6) is -0.865. The fraction of sp³-hybridized carbons (Fsp3) is 0.0455. The highest BCUT2D eigenvalue weighted by molar-refractivity contribution is 7.80. The number of fused-ring (bicyclic) bond motifs is 3. The van der Waals surface area contributed by atoms with Crippen LogP contribution in [-0.2, 0) is 9.59 Å². The largest absolute Gasteiger partial charge is 0.301 e. The molecule has 3 heterocycles. The van der Waals surface area contributed by atoms with Gasteiger partial charge in [-0.05, 0) is 42.6 Å². The fourth-order valence-electron chi connectivity index (χ4n) is 3.59. The highest BCUT2D eigenvalue weighted by Crippen LogP contribution is 2.34. The van der Waals surface area contributed by atoms with Crippen LogP contribution in [0.1, 0.15) is 4.88 Å². The molecule has 5 nitrogen and oxygen atoms in total. The lowest BCUT2D eigenvalue weighted by atomic mass is 10.1. The summed E-state index contributed by atoms with van der Waals surface area (Å²) in [5.41, 5.74) is 2.31. The van der Waals surface area contributed by atoms with Gasteiger partial charge < -0.3 is 4.57 Å². The molecule has 1 aliphatic rings. The normalized spacial score (nSPS) is 16.2. The van der Waals surface area contributed by atoms with E-state index in [0.717, 1.165) is 20.9 Å². The molecule has 0 radical (unpaired) electrons. The lowest BCUT2D eigenvalue weighted by molar-refractivity contribution is -0.128. The van der Waals surface area contributed by atoms with E-state index in [9.17, 15) is 9.59 Å². The number of nitrogens with zero attached hydrogens (tertiary/aromatic N) is 2. The lowest BCUT2D eigenvalue weighted by Gasteiger charge is -2.24. The minimum atomic E-state index is -0.468. The van der Waals surface area contributed by atoms with Crippen LogP contribution >= 0.6 is 23.6 Å². The zero-order valence-corrected chi connectivity index (χ0v) is 17.0. The fourth-order valence-corrected chi connectivity index (χ4v) is 4.74. The van der Waals surface area contributed by atoms with E-state index in [1.165, 1.54) is 27.0 Å². The van der Waals surface area contributed by atoms with Gasteiger partial charge in [0.05, 0.1) is 11.0 Å². The zero-order valence-electron chi connectivity index (χ0n) is 15.4. The van der Waals surface area contributed by atoms with Crippen LogP contribution in [0.3, 0.4) is 0 Å². The Kier molecular flexibility index (Phi) is 4.08. The third kappa shape index (κ3) is 2.78. The maximum absolute atomic E-state index is 12.4. The van der Waals surface area contributed by atoms with Gasteiger partial charge in [-0.1, -0.05) is 36.4 Å². The Morgan fingerprint density at radius 2 is 1.55 bits per heavy atom. The van der Waals surface area contributed by atoms with Crippen molar-refractivity contribution in [2.75, 3.05) is 7.05 Å². The molecule has 0 saturated carbocycles. The van der Waals surface area contributed by atoms with E-state index in [4.69, 9.17) is 12.2 Å². The van der Waals surface area contributed by atoms with Crippen LogP contribution in [0.25, 0.3) is 32.9 Å². The van der Waals surface area contributed by atoms with Gasteiger partial charge in [0.1, 0.15) is 10.6 Å². The van der Waals surface area contributed by atoms with Crippen LogP contribution < -0.4 is 5.32 Å². The molecule has 4 aromatic rings. The van der Waals surface area contributed by atoms with E-state index in [0.29, 0.717) is 0 Å². The number of carbonyl (C=O) groups is 2. The van der Waals surface area contributed by atoms with Crippen molar-refractivity contribution < 1.29 is 9.59 Å². The van der Waals surface area contributed by atoms with Crippen molar-refractivity contribution in [3.8, 4) is 5.00 Å². The maximum atomic E-state index is 12.4. The topological polar surface area (TPSA) is 54.3 Å². The smallest absolute Gasteiger partial charge is 0.265 e. The minimum Gasteiger partial charge on any atom is -0.301 e. The third-order valence-electron chi connectivity index (χ3n) is 5.00. The van der Waals surface area contributed by atoms with Gasteiger partial charge in [-0.2, -0.15) is 0 Å². The Balaban J connectivity index is 1.64. The Morgan fingerprint density at radius 3 is 2.21 bits per heavy atom. The summed E-state index contributed by atoms with van der Waals surface area (Å²) < 4.78 is 2.21. The van der Waals surface area contributed by atoms with Crippen molar-refractivity contribution in [2.45, 2.75) is 0 Å². The van der Waals surface area contributed by atoms with Crippen molar-refractivity contribution in [1.82, 2.24) is 14.8 Å². The average molecular weight is 418 g/mol. The molecule has 2 amide bonds. The first-order valence-electron chi connectivity index (χ1n) is 8.98. The Bertz CT molecular complexity index is 1310. The van der Waals surface area contributed by atoms with Crippen molar-refractivity contribution in [3.05, 3.63) is 71.1 Å². The molecule has 142 valence electrons. The summed E-state index contributed by atoms with van der Waals surface area (Å²) in [6.45, 7) is 0. The standard InChI is InChI=1S/C22H15N3O2S2/c1-24-21(27)16(20(26)23-22(24)28)12-13-10-11-19(29-13)25-17-8-4-2-6-14(17)15-7-3-5-9-18(15)25/h2-12H,1H3,(H,23,26,28)/b16-12+. The van der Waals surface area contributed by atoms with E-state index in [2.05, 4.69) is 34.1 Å². The Hall–Kier alpha value is -3.29. The van der Waals surface area contributed by atoms with Crippen LogP contribution in [0.15, 0.2) is 66.2 Å². The van der Waals surface area contributed by atoms with Gasteiger partial charge >= 0.3 is 0 Å². The first-order valence-corrected chi connectivity index (χ1v) is 10.2. The number of carbonyl (C=O) groups excluding carboxylic acids is 2. The molecule has 5 rings (SSSR count). The SMILES string of the molecule is CN1C(=O)/C(=C/c2ccc(-n3c4ccccc4c4ccccc43)s2)C(=O)NC1=S. The maximum Gasteiger partial charge on any atom is 0.265 e. The van der Waals surface area contributed by atoms with Gasteiger partial charge in [0, 0.05) is 22.7 Å². The third-order valence-corrected chi connectivity index (χ3v) is 6.40. The molecule has 1 N–H and O–H groups in total. The van der Waals surface area contributed by atoms with E-state index < -0.39 is 11.8 Å². The van der Waals surface area contributed by atoms with Crippen molar-refractivity contribution in [3.63, 3.8) is 0 Å². The molecule has 0 unspecified atom stereocenters. The summed E-state index contributed by atoms with van der Waals surface area (Å²) in [5, 5.41) is 6.05. The molecule has 0 bridgehead atoms. The number of likely N-dealkylation sites (N-methyl/N-ethyl adjacent to an activating group) is 1. The molecule has 1 fully saturated rings. The van der Waals surface area contributed by atoms with Crippen LogP contribution in [0.5, 0.6) is 0 Å². The number of rotatable bonds is 2. The summed E-state index contributed by atoms with van der Waals surface area (Å²) in [7, 11) is 1.55. The van der Waals surface area contributed by atoms with Gasteiger partial charge in [-0.3, -0.25) is 19.8 Å². The minimum absolute atomic E-state index is 0.0803. The summed E-state index contributed by atoms with van der Waals surface area (Å²) in [6, 6.07) is 20.5. The van der Waals surface area contributed by atoms with Crippen LogP contribution in [0.4, 0.5) is 0 Å². The van der Waals surface area contributed by atoms with Crippen molar-refractivity contribution in [2.24, 2.45) is 0 Å². The van der Waals surface area contributed by atoms with E-state index >= 15 is 0 Å². The number of thiocarbonyl (C=S) groups is 1. The highest BCUT2D eigenvalue weighted by Gasteiger charge is 2.30. The molecule has 1 saturated heterocycles. The van der Waals surface area contributed by atoms with E-state index in [1.807, 2.05) is 36.4 Å². The van der Waals surface area contributed by atoms with Gasteiger partial charge in [0.2, 0.25) is 0 Å². The molecule has 0 atom stereocenters. The van der Waals surface area contributed by atoms with Gasteiger partial charge in [0.25, 0.3) is 11.8 Å². The molecule has 2 aromatic carbocycles. The number of benzene rings is 2. The second kappa shape index (κ2) is 6.65. The zero-order chi connectivity index (χ0) is 20.1. The van der Waals surface area contributed by atoms with Gasteiger partial charge in [-0.25, -0.2) is 0 Å². The summed E-state index contributed by atoms with van der Waals surface area (Å²) in [4.78, 5) is 26.8. The second-order valence-corrected chi connectivity index (χ2v) is 8.21. The highest BCUT2D eigenvalue weighted by atomic mass is 32.1. The number of nitrogens with one attached hydrogen (secondary N) is 1. The van der Waals surface area contributed by atoms with Gasteiger partial charge in [0.15, 0.2) is 5.11 Å². The predicted octanol–water partition coefficient (Wildman–Crippen LogP) is 4.10. The molecular formula is C22H15N3O2S2. The van der Waals surface area contributed by atoms with Crippen LogP contribution in [0, 0.1) is 0 Å². The number of aromatic nitrogens is 1. The predicted molar refractivity (Wildman–Crippen MR) is 120 cm³/mol. The number of hydrogen-bond acceptors (Lipinski definition) is 4. The van der Waals surface area contributed by atoms with Gasteiger partial charge in [-0.15, -0.1) is 11.3 Å². The molecule has 7 heteroatoms. The van der Waals surface area contributed by atoms with Crippen LogP contribution in [-0.4, -0.2) is 33.4 Å². The molecule has 0 spiro atoms. The van der Waals surface area contributed by atoms with Crippen molar-refractivity contribution >= 4 is 68.4 Å². The molecular weight excluding hydrogens is 402 g/mol. The first-order chi connectivity index (χ1) is 14.0.